The van der Waals surface area contributed by atoms with Crippen molar-refractivity contribution in [1.29, 1.82) is 0 Å². The Balaban J connectivity index is 1.39. The fourth-order valence-electron chi connectivity index (χ4n) is 4.78. The van der Waals surface area contributed by atoms with Gasteiger partial charge in [0.1, 0.15) is 5.01 Å². The summed E-state index contributed by atoms with van der Waals surface area (Å²) >= 11 is 1.59. The van der Waals surface area contributed by atoms with Crippen LogP contribution in [-0.4, -0.2) is 57.5 Å². The molecule has 2 aliphatic rings. The third kappa shape index (κ3) is 3.78. The number of rotatable bonds is 5. The summed E-state index contributed by atoms with van der Waals surface area (Å²) in [5.74, 6) is 0.480. The van der Waals surface area contributed by atoms with Gasteiger partial charge >= 0.3 is 0 Å². The van der Waals surface area contributed by atoms with Crippen LogP contribution in [0.5, 0.6) is 0 Å². The number of amides is 1. The number of sulfone groups is 1. The van der Waals surface area contributed by atoms with Gasteiger partial charge in [0.2, 0.25) is 0 Å². The summed E-state index contributed by atoms with van der Waals surface area (Å²) in [5, 5.41) is 6.28. The molecule has 4 heterocycles. The maximum absolute atomic E-state index is 13.7. The smallest absolute Gasteiger partial charge is 0.254 e. The van der Waals surface area contributed by atoms with Gasteiger partial charge in [-0.1, -0.05) is 12.1 Å². The van der Waals surface area contributed by atoms with Crippen LogP contribution in [0.2, 0.25) is 0 Å². The van der Waals surface area contributed by atoms with Gasteiger partial charge in [0.25, 0.3) is 5.91 Å². The lowest BCUT2D eigenvalue weighted by Gasteiger charge is -2.17. The topological polar surface area (TPSA) is 98.0 Å². The molecule has 0 bridgehead atoms. The van der Waals surface area contributed by atoms with Crippen molar-refractivity contribution in [3.05, 3.63) is 52.3 Å². The van der Waals surface area contributed by atoms with E-state index in [1.54, 1.807) is 28.0 Å². The summed E-state index contributed by atoms with van der Waals surface area (Å²) in [6.07, 6.45) is 2.63. The second-order valence-corrected chi connectivity index (χ2v) is 12.7. The zero-order valence-electron chi connectivity index (χ0n) is 19.1. The lowest BCUT2D eigenvalue weighted by atomic mass is 10.1. The first-order valence-electron chi connectivity index (χ1n) is 11.5. The van der Waals surface area contributed by atoms with Crippen LogP contribution < -0.4 is 0 Å². The second-order valence-electron chi connectivity index (χ2n) is 9.39. The number of aryl methyl sites for hydroxylation is 1. The van der Waals surface area contributed by atoms with E-state index in [9.17, 15) is 13.2 Å². The molecule has 0 radical (unpaired) electrons. The van der Waals surface area contributed by atoms with Gasteiger partial charge in [0.15, 0.2) is 15.5 Å². The number of carbonyl (C=O) groups excluding carboxylic acids is 1. The van der Waals surface area contributed by atoms with Gasteiger partial charge in [0, 0.05) is 18.7 Å². The highest BCUT2D eigenvalue weighted by Crippen LogP contribution is 2.41. The van der Waals surface area contributed by atoms with Crippen LogP contribution >= 0.6 is 11.3 Å². The van der Waals surface area contributed by atoms with Crippen molar-refractivity contribution >= 4 is 48.3 Å². The average molecular weight is 496 g/mol. The molecule has 1 aliphatic carbocycles. The SMILES string of the molecule is Cc1nn([C@H]2CCS(=O)(=O)C2)c2nc(C3CC3)cc(C(=O)N(C)Cc3nc4ccccc4s3)c12. The monoisotopic (exact) mass is 495 g/mol. The lowest BCUT2D eigenvalue weighted by molar-refractivity contribution is 0.0786. The first kappa shape index (κ1) is 21.7. The predicted octanol–water partition coefficient (Wildman–Crippen LogP) is 3.86. The maximum atomic E-state index is 13.7. The molecule has 0 N–H and O–H groups in total. The number of para-hydroxylation sites is 1. The lowest BCUT2D eigenvalue weighted by Crippen LogP contribution is -2.26. The molecule has 1 aromatic carbocycles. The molecule has 0 spiro atoms. The molecule has 0 unspecified atom stereocenters. The molecule has 1 atom stereocenters. The molecular weight excluding hydrogens is 470 g/mol. The van der Waals surface area contributed by atoms with E-state index in [0.29, 0.717) is 35.8 Å². The Morgan fingerprint density at radius 2 is 2.00 bits per heavy atom. The normalized spacial score (nSPS) is 19.8. The zero-order valence-corrected chi connectivity index (χ0v) is 20.7. The van der Waals surface area contributed by atoms with Crippen LogP contribution in [0.3, 0.4) is 0 Å². The van der Waals surface area contributed by atoms with Crippen molar-refractivity contribution < 1.29 is 13.2 Å². The number of thiazole rings is 1. The molecule has 1 saturated heterocycles. The first-order chi connectivity index (χ1) is 16.3. The van der Waals surface area contributed by atoms with Crippen LogP contribution in [-0.2, 0) is 16.4 Å². The summed E-state index contributed by atoms with van der Waals surface area (Å²) in [6.45, 7) is 2.28. The second kappa shape index (κ2) is 7.84. The molecule has 176 valence electrons. The van der Waals surface area contributed by atoms with E-state index in [-0.39, 0.29) is 23.5 Å². The molecule has 10 heteroatoms. The molecule has 1 aliphatic heterocycles. The number of hydrogen-bond donors (Lipinski definition) is 0. The van der Waals surface area contributed by atoms with E-state index in [4.69, 9.17) is 4.98 Å². The number of pyridine rings is 1. The molecule has 8 nitrogen and oxygen atoms in total. The van der Waals surface area contributed by atoms with Crippen LogP contribution in [0.15, 0.2) is 30.3 Å². The highest BCUT2D eigenvalue weighted by molar-refractivity contribution is 7.91. The minimum absolute atomic E-state index is 0.0688. The minimum atomic E-state index is -3.07. The standard InChI is InChI=1S/C24H25N5O3S2/c1-14-22-17(24(30)28(2)12-21-25-18-5-3-4-6-20(18)33-21)11-19(15-7-8-15)26-23(22)29(27-14)16-9-10-34(31,32)13-16/h3-6,11,15-16H,7-10,12-13H2,1-2H3/t16-/m0/s1. The quantitative estimate of drug-likeness (QED) is 0.417. The van der Waals surface area contributed by atoms with E-state index in [1.165, 1.54) is 0 Å². The highest BCUT2D eigenvalue weighted by atomic mass is 32.2. The fourth-order valence-corrected chi connectivity index (χ4v) is 7.49. The summed E-state index contributed by atoms with van der Waals surface area (Å²) in [5.41, 5.74) is 3.74. The average Bonchev–Trinajstić information content (AvgIpc) is 3.37. The van der Waals surface area contributed by atoms with E-state index in [2.05, 4.69) is 10.1 Å². The van der Waals surface area contributed by atoms with Crippen molar-refractivity contribution in [2.24, 2.45) is 0 Å². The Bertz CT molecular complexity index is 1520. The van der Waals surface area contributed by atoms with Gasteiger partial charge in [-0.2, -0.15) is 5.10 Å². The van der Waals surface area contributed by atoms with Crippen molar-refractivity contribution in [3.63, 3.8) is 0 Å². The molecule has 4 aromatic rings. The predicted molar refractivity (Wildman–Crippen MR) is 132 cm³/mol. The van der Waals surface area contributed by atoms with Gasteiger partial charge in [0.05, 0.1) is 51.0 Å². The molecule has 6 rings (SSSR count). The van der Waals surface area contributed by atoms with E-state index in [0.717, 1.165) is 39.1 Å². The molecular formula is C24H25N5O3S2. The third-order valence-electron chi connectivity index (χ3n) is 6.69. The summed E-state index contributed by atoms with van der Waals surface area (Å²) in [7, 11) is -1.28. The minimum Gasteiger partial charge on any atom is -0.335 e. The number of hydrogen-bond acceptors (Lipinski definition) is 7. The van der Waals surface area contributed by atoms with Gasteiger partial charge in [-0.15, -0.1) is 11.3 Å². The third-order valence-corrected chi connectivity index (χ3v) is 9.47. The van der Waals surface area contributed by atoms with E-state index >= 15 is 0 Å². The largest absolute Gasteiger partial charge is 0.335 e. The van der Waals surface area contributed by atoms with Gasteiger partial charge in [-0.05, 0) is 44.4 Å². The number of nitrogens with zero attached hydrogens (tertiary/aromatic N) is 5. The van der Waals surface area contributed by atoms with Crippen molar-refractivity contribution in [1.82, 2.24) is 24.6 Å². The van der Waals surface area contributed by atoms with Gasteiger partial charge < -0.3 is 4.90 Å². The van der Waals surface area contributed by atoms with E-state index < -0.39 is 9.84 Å². The first-order valence-corrected chi connectivity index (χ1v) is 14.1. The summed E-state index contributed by atoms with van der Waals surface area (Å²) in [4.78, 5) is 25.0. The Hall–Kier alpha value is -2.85. The molecule has 1 saturated carbocycles. The highest BCUT2D eigenvalue weighted by Gasteiger charge is 2.34. The maximum Gasteiger partial charge on any atom is 0.254 e. The van der Waals surface area contributed by atoms with E-state index in [1.807, 2.05) is 37.3 Å². The zero-order chi connectivity index (χ0) is 23.6. The Kier molecular flexibility index (Phi) is 5.00. The number of benzene rings is 1. The van der Waals surface area contributed by atoms with Crippen molar-refractivity contribution in [2.45, 2.75) is 44.7 Å². The van der Waals surface area contributed by atoms with Crippen LogP contribution in [0.1, 0.15) is 58.0 Å². The van der Waals surface area contributed by atoms with Gasteiger partial charge in [-0.3, -0.25) is 4.79 Å². The Labute approximate surface area is 201 Å². The molecule has 3 aromatic heterocycles. The van der Waals surface area contributed by atoms with Crippen LogP contribution in [0.4, 0.5) is 0 Å². The number of carbonyl (C=O) groups is 1. The summed E-state index contributed by atoms with van der Waals surface area (Å²) < 4.78 is 27.1. The summed E-state index contributed by atoms with van der Waals surface area (Å²) in [6, 6.07) is 9.64. The molecule has 34 heavy (non-hydrogen) atoms. The fraction of sp³-hybridized carbons (Fsp3) is 0.417. The number of aromatic nitrogens is 4. The molecule has 2 fully saturated rings. The Morgan fingerprint density at radius 3 is 2.71 bits per heavy atom. The van der Waals surface area contributed by atoms with Gasteiger partial charge in [-0.25, -0.2) is 23.1 Å². The number of fused-ring (bicyclic) bond motifs is 2. The van der Waals surface area contributed by atoms with Crippen LogP contribution in [0.25, 0.3) is 21.3 Å². The molecule has 1 amide bonds. The van der Waals surface area contributed by atoms with Crippen LogP contribution in [0, 0.1) is 6.92 Å². The van der Waals surface area contributed by atoms with Crippen molar-refractivity contribution in [3.8, 4) is 0 Å². The Morgan fingerprint density at radius 1 is 1.21 bits per heavy atom. The van der Waals surface area contributed by atoms with Crippen molar-refractivity contribution in [2.75, 3.05) is 18.6 Å².